The highest BCUT2D eigenvalue weighted by atomic mass is 16.5. The number of benzene rings is 3. The van der Waals surface area contributed by atoms with Gasteiger partial charge in [0.15, 0.2) is 12.4 Å². The van der Waals surface area contributed by atoms with Crippen LogP contribution in [0.2, 0.25) is 0 Å². The van der Waals surface area contributed by atoms with Gasteiger partial charge < -0.3 is 23.6 Å². The average molecular weight is 467 g/mol. The van der Waals surface area contributed by atoms with Crippen LogP contribution in [0.5, 0.6) is 17.2 Å². The largest absolute Gasteiger partial charge is 0.476 e. The number of hydrogen-bond donors (Lipinski definition) is 1. The quantitative estimate of drug-likeness (QED) is 0.308. The van der Waals surface area contributed by atoms with Crippen molar-refractivity contribution in [1.82, 2.24) is 0 Å². The van der Waals surface area contributed by atoms with Crippen LogP contribution in [0.15, 0.2) is 105 Å². The van der Waals surface area contributed by atoms with E-state index >= 15 is 0 Å². The number of aryl methyl sites for hydroxylation is 1. The van der Waals surface area contributed by atoms with Gasteiger partial charge in [0, 0.05) is 5.69 Å². The first kappa shape index (κ1) is 22.0. The lowest BCUT2D eigenvalue weighted by molar-refractivity contribution is -0.118. The first-order valence-corrected chi connectivity index (χ1v) is 10.9. The Morgan fingerprint density at radius 1 is 0.914 bits per heavy atom. The van der Waals surface area contributed by atoms with Crippen LogP contribution in [0, 0.1) is 6.92 Å². The Morgan fingerprint density at radius 2 is 1.69 bits per heavy atom. The fourth-order valence-electron chi connectivity index (χ4n) is 3.55. The molecule has 174 valence electrons. The van der Waals surface area contributed by atoms with Crippen molar-refractivity contribution >= 4 is 22.6 Å². The van der Waals surface area contributed by atoms with Crippen LogP contribution in [-0.2, 0) is 4.79 Å². The Bertz CT molecular complexity index is 1520. The van der Waals surface area contributed by atoms with Crippen LogP contribution in [-0.4, -0.2) is 12.5 Å². The zero-order valence-electron chi connectivity index (χ0n) is 18.8. The predicted octanol–water partition coefficient (Wildman–Crippen LogP) is 6.17. The zero-order valence-corrected chi connectivity index (χ0v) is 18.8. The molecule has 0 atom stereocenters. The van der Waals surface area contributed by atoms with Gasteiger partial charge in [0.25, 0.3) is 5.91 Å². The van der Waals surface area contributed by atoms with E-state index in [4.69, 9.17) is 18.3 Å². The molecule has 7 heteroatoms. The van der Waals surface area contributed by atoms with Gasteiger partial charge in [-0.2, -0.15) is 0 Å². The van der Waals surface area contributed by atoms with Crippen LogP contribution in [0.25, 0.3) is 22.5 Å². The molecule has 0 fully saturated rings. The summed E-state index contributed by atoms with van der Waals surface area (Å²) in [5, 5.41) is 3.10. The Morgan fingerprint density at radius 3 is 2.43 bits per heavy atom. The third-order valence-electron chi connectivity index (χ3n) is 5.22. The van der Waals surface area contributed by atoms with Crippen LogP contribution in [0.4, 0.5) is 5.69 Å². The summed E-state index contributed by atoms with van der Waals surface area (Å²) < 4.78 is 22.8. The summed E-state index contributed by atoms with van der Waals surface area (Å²) in [6.07, 6.45) is 1.47. The van der Waals surface area contributed by atoms with Gasteiger partial charge in [0.1, 0.15) is 17.1 Å². The molecule has 7 nitrogen and oxygen atoms in total. The molecule has 0 aliphatic rings. The third-order valence-corrected chi connectivity index (χ3v) is 5.22. The Hall–Kier alpha value is -4.78. The molecule has 0 saturated heterocycles. The smallest absolute Gasteiger partial charge is 0.262 e. The first-order valence-electron chi connectivity index (χ1n) is 10.9. The summed E-state index contributed by atoms with van der Waals surface area (Å²) in [7, 11) is 0. The van der Waals surface area contributed by atoms with Gasteiger partial charge in [0.2, 0.25) is 16.9 Å². The standard InChI is InChI=1S/C28H21NO6/c1-18-9-14-22-24(16-18)35-27(23-8-5-15-32-23)28(26(22)31)33-17-25(30)29-19-10-12-21(13-11-19)34-20-6-3-2-4-7-20/h2-16H,17H2,1H3,(H,29,30). The minimum absolute atomic E-state index is 0.0851. The molecule has 35 heavy (non-hydrogen) atoms. The molecule has 5 aromatic rings. The van der Waals surface area contributed by atoms with E-state index in [9.17, 15) is 9.59 Å². The molecule has 0 saturated carbocycles. The fraction of sp³-hybridized carbons (Fsp3) is 0.0714. The minimum Gasteiger partial charge on any atom is -0.476 e. The number of fused-ring (bicyclic) bond motifs is 1. The Kier molecular flexibility index (Phi) is 6.05. The molecule has 3 aromatic carbocycles. The van der Waals surface area contributed by atoms with Crippen molar-refractivity contribution in [1.29, 1.82) is 0 Å². The van der Waals surface area contributed by atoms with Crippen LogP contribution in [0.3, 0.4) is 0 Å². The molecular formula is C28H21NO6. The van der Waals surface area contributed by atoms with E-state index in [2.05, 4.69) is 5.32 Å². The van der Waals surface area contributed by atoms with Crippen molar-refractivity contribution in [3.05, 3.63) is 107 Å². The third kappa shape index (κ3) is 4.94. The molecule has 2 aromatic heterocycles. The number of hydrogen-bond acceptors (Lipinski definition) is 6. The molecule has 0 radical (unpaired) electrons. The van der Waals surface area contributed by atoms with Crippen molar-refractivity contribution in [2.24, 2.45) is 0 Å². The molecule has 1 amide bonds. The van der Waals surface area contributed by atoms with Crippen LogP contribution in [0.1, 0.15) is 5.56 Å². The first-order chi connectivity index (χ1) is 17.1. The highest BCUT2D eigenvalue weighted by molar-refractivity contribution is 5.92. The summed E-state index contributed by atoms with van der Waals surface area (Å²) >= 11 is 0. The van der Waals surface area contributed by atoms with Gasteiger partial charge in [0.05, 0.1) is 11.6 Å². The SMILES string of the molecule is Cc1ccc2c(=O)c(OCC(=O)Nc3ccc(Oc4ccccc4)cc3)c(-c3ccco3)oc2c1. The molecule has 0 aliphatic carbocycles. The number of furan rings is 1. The number of amides is 1. The number of nitrogens with one attached hydrogen (secondary N) is 1. The van der Waals surface area contributed by atoms with Crippen molar-refractivity contribution in [3.63, 3.8) is 0 Å². The molecule has 0 bridgehead atoms. The van der Waals surface area contributed by atoms with Crippen molar-refractivity contribution in [2.45, 2.75) is 6.92 Å². The topological polar surface area (TPSA) is 90.9 Å². The second kappa shape index (κ2) is 9.61. The number of rotatable bonds is 7. The maximum absolute atomic E-state index is 13.1. The van der Waals surface area contributed by atoms with E-state index in [0.29, 0.717) is 28.2 Å². The predicted molar refractivity (Wildman–Crippen MR) is 132 cm³/mol. The highest BCUT2D eigenvalue weighted by Gasteiger charge is 2.20. The number of carbonyl (C=O) groups excluding carboxylic acids is 1. The van der Waals surface area contributed by atoms with Gasteiger partial charge in [-0.1, -0.05) is 24.3 Å². The second-order valence-electron chi connectivity index (χ2n) is 7.84. The molecular weight excluding hydrogens is 446 g/mol. The number of ether oxygens (including phenoxy) is 2. The number of carbonyl (C=O) groups is 1. The Balaban J connectivity index is 1.31. The minimum atomic E-state index is -0.435. The van der Waals surface area contributed by atoms with E-state index < -0.39 is 12.5 Å². The molecule has 0 aliphatic heterocycles. The molecule has 1 N–H and O–H groups in total. The lowest BCUT2D eigenvalue weighted by Crippen LogP contribution is -2.22. The highest BCUT2D eigenvalue weighted by Crippen LogP contribution is 2.31. The maximum atomic E-state index is 13.1. The van der Waals surface area contributed by atoms with Crippen LogP contribution >= 0.6 is 0 Å². The van der Waals surface area contributed by atoms with Crippen LogP contribution < -0.4 is 20.2 Å². The van der Waals surface area contributed by atoms with Gasteiger partial charge >= 0.3 is 0 Å². The molecule has 2 heterocycles. The van der Waals surface area contributed by atoms with E-state index in [-0.39, 0.29) is 16.9 Å². The van der Waals surface area contributed by atoms with E-state index in [0.717, 1.165) is 11.3 Å². The van der Waals surface area contributed by atoms with Gasteiger partial charge in [-0.3, -0.25) is 9.59 Å². The van der Waals surface area contributed by atoms with E-state index in [1.165, 1.54) is 6.26 Å². The summed E-state index contributed by atoms with van der Waals surface area (Å²) in [6, 6.07) is 24.9. The monoisotopic (exact) mass is 467 g/mol. The number of para-hydroxylation sites is 1. The van der Waals surface area contributed by atoms with Gasteiger partial charge in [-0.05, 0) is 73.2 Å². The fourth-order valence-corrected chi connectivity index (χ4v) is 3.55. The summed E-state index contributed by atoms with van der Waals surface area (Å²) in [5.41, 5.74) is 1.54. The average Bonchev–Trinajstić information content (AvgIpc) is 3.40. The van der Waals surface area contributed by atoms with Gasteiger partial charge in [-0.15, -0.1) is 0 Å². The van der Waals surface area contributed by atoms with Gasteiger partial charge in [-0.25, -0.2) is 0 Å². The summed E-state index contributed by atoms with van der Waals surface area (Å²) in [6.45, 7) is 1.51. The van der Waals surface area contributed by atoms with E-state index in [1.807, 2.05) is 43.3 Å². The van der Waals surface area contributed by atoms with Crippen molar-refractivity contribution in [2.75, 3.05) is 11.9 Å². The van der Waals surface area contributed by atoms with Crippen molar-refractivity contribution < 1.29 is 23.1 Å². The van der Waals surface area contributed by atoms with Crippen molar-refractivity contribution in [3.8, 4) is 28.8 Å². The Labute approximate surface area is 200 Å². The summed E-state index contributed by atoms with van der Waals surface area (Å²) in [4.78, 5) is 25.7. The molecule has 0 unspecified atom stereocenters. The molecule has 5 rings (SSSR count). The zero-order chi connectivity index (χ0) is 24.2. The lowest BCUT2D eigenvalue weighted by atomic mass is 10.1. The second-order valence-corrected chi connectivity index (χ2v) is 7.84. The lowest BCUT2D eigenvalue weighted by Gasteiger charge is -2.11. The normalized spacial score (nSPS) is 10.8. The maximum Gasteiger partial charge on any atom is 0.262 e. The molecule has 0 spiro atoms. The summed E-state index contributed by atoms with van der Waals surface area (Å²) in [5.74, 6) is 1.30. The number of anilines is 1. The van der Waals surface area contributed by atoms with E-state index in [1.54, 1.807) is 48.5 Å².